The van der Waals surface area contributed by atoms with Crippen LogP contribution in [0.5, 0.6) is 0 Å². The molecule has 9 heteroatoms. The highest BCUT2D eigenvalue weighted by atomic mass is 19.4. The second-order valence-electron chi connectivity index (χ2n) is 6.49. The van der Waals surface area contributed by atoms with E-state index in [1.54, 1.807) is 7.05 Å². The summed E-state index contributed by atoms with van der Waals surface area (Å²) in [5.41, 5.74) is 1.03. The molecule has 2 rings (SSSR count). The summed E-state index contributed by atoms with van der Waals surface area (Å²) in [6, 6.07) is 9.53. The molecule has 1 fully saturated rings. The van der Waals surface area contributed by atoms with Gasteiger partial charge in [-0.2, -0.15) is 13.2 Å². The number of hydrogen-bond donors (Lipinski definition) is 3. The molecule has 0 radical (unpaired) electrons. The summed E-state index contributed by atoms with van der Waals surface area (Å²) in [7, 11) is 1.59. The van der Waals surface area contributed by atoms with Crippen LogP contribution in [0.15, 0.2) is 35.3 Å². The van der Waals surface area contributed by atoms with Crippen molar-refractivity contribution in [2.75, 3.05) is 33.2 Å². The lowest BCUT2D eigenvalue weighted by Gasteiger charge is -2.19. The molecule has 1 aliphatic heterocycles. The van der Waals surface area contributed by atoms with E-state index >= 15 is 0 Å². The first kappa shape index (κ1) is 21.0. The topological polar surface area (TPSA) is 68.8 Å². The van der Waals surface area contributed by atoms with Gasteiger partial charge in [-0.1, -0.05) is 30.3 Å². The van der Waals surface area contributed by atoms with E-state index in [0.717, 1.165) is 5.56 Å². The van der Waals surface area contributed by atoms with Crippen LogP contribution in [0.1, 0.15) is 18.4 Å². The third-order valence-electron chi connectivity index (χ3n) is 4.22. The fourth-order valence-electron chi connectivity index (χ4n) is 2.91. The van der Waals surface area contributed by atoms with Crippen LogP contribution < -0.4 is 16.0 Å². The number of carbonyl (C=O) groups excluding carboxylic acids is 1. The van der Waals surface area contributed by atoms with Crippen LogP contribution in [0.2, 0.25) is 0 Å². The molecule has 0 saturated carbocycles. The van der Waals surface area contributed by atoms with Gasteiger partial charge in [0.15, 0.2) is 5.96 Å². The molecule has 1 atom stereocenters. The molecule has 1 aromatic rings. The van der Waals surface area contributed by atoms with E-state index in [2.05, 4.69) is 20.9 Å². The first-order valence-corrected chi connectivity index (χ1v) is 8.92. The number of carbonyl (C=O) groups is 1. The fraction of sp³-hybridized carbons (Fsp3) is 0.556. The number of amides is 1. The number of alkyl halides is 3. The van der Waals surface area contributed by atoms with E-state index in [9.17, 15) is 18.0 Å². The van der Waals surface area contributed by atoms with Gasteiger partial charge >= 0.3 is 6.18 Å². The molecule has 0 bridgehead atoms. The molecular weight excluding hydrogens is 359 g/mol. The van der Waals surface area contributed by atoms with Gasteiger partial charge in [-0.05, 0) is 12.0 Å². The summed E-state index contributed by atoms with van der Waals surface area (Å²) in [6.45, 7) is 0.690. The standard InChI is InChI=1S/C18H26F3N5O/c1-22-17(25-15-8-10-26(12-15)13-18(19,20)21)23-9-7-16(27)24-11-14-5-3-2-4-6-14/h2-6,15H,7-13H2,1H3,(H,24,27)(H2,22,23,25). The summed E-state index contributed by atoms with van der Waals surface area (Å²) < 4.78 is 37.3. The second-order valence-corrected chi connectivity index (χ2v) is 6.49. The quantitative estimate of drug-likeness (QED) is 0.492. The largest absolute Gasteiger partial charge is 0.401 e. The van der Waals surface area contributed by atoms with Crippen molar-refractivity contribution in [3.8, 4) is 0 Å². The van der Waals surface area contributed by atoms with Gasteiger partial charge in [0.25, 0.3) is 0 Å². The zero-order valence-electron chi connectivity index (χ0n) is 15.4. The Hall–Kier alpha value is -2.29. The van der Waals surface area contributed by atoms with E-state index in [1.165, 1.54) is 4.90 Å². The number of hydrogen-bond acceptors (Lipinski definition) is 3. The highest BCUT2D eigenvalue weighted by molar-refractivity contribution is 5.81. The monoisotopic (exact) mass is 385 g/mol. The molecule has 1 saturated heterocycles. The molecular formula is C18H26F3N5O. The van der Waals surface area contributed by atoms with Crippen LogP contribution in [-0.2, 0) is 11.3 Å². The van der Waals surface area contributed by atoms with E-state index in [0.29, 0.717) is 38.6 Å². The third-order valence-corrected chi connectivity index (χ3v) is 4.22. The number of aliphatic imine (C=N–C) groups is 1. The molecule has 0 aliphatic carbocycles. The van der Waals surface area contributed by atoms with E-state index < -0.39 is 12.7 Å². The van der Waals surface area contributed by atoms with Gasteiger partial charge in [0, 0.05) is 45.7 Å². The minimum Gasteiger partial charge on any atom is -0.356 e. The Morgan fingerprint density at radius 3 is 2.67 bits per heavy atom. The van der Waals surface area contributed by atoms with Crippen molar-refractivity contribution < 1.29 is 18.0 Å². The van der Waals surface area contributed by atoms with E-state index in [1.807, 2.05) is 30.3 Å². The average molecular weight is 385 g/mol. The average Bonchev–Trinajstić information content (AvgIpc) is 3.05. The number of benzene rings is 1. The second kappa shape index (κ2) is 10.1. The molecule has 0 spiro atoms. The lowest BCUT2D eigenvalue weighted by Crippen LogP contribution is -2.45. The van der Waals surface area contributed by atoms with Crippen molar-refractivity contribution in [2.24, 2.45) is 4.99 Å². The maximum Gasteiger partial charge on any atom is 0.401 e. The predicted molar refractivity (Wildman–Crippen MR) is 98.3 cm³/mol. The Morgan fingerprint density at radius 2 is 2.00 bits per heavy atom. The Morgan fingerprint density at radius 1 is 1.26 bits per heavy atom. The van der Waals surface area contributed by atoms with Gasteiger partial charge in [0.1, 0.15) is 0 Å². The van der Waals surface area contributed by atoms with Gasteiger partial charge in [0.05, 0.1) is 6.54 Å². The van der Waals surface area contributed by atoms with Crippen molar-refractivity contribution in [3.05, 3.63) is 35.9 Å². The summed E-state index contributed by atoms with van der Waals surface area (Å²) in [6.07, 6.45) is -3.28. The maximum atomic E-state index is 12.4. The normalized spacial score (nSPS) is 18.4. The molecule has 1 aromatic carbocycles. The Kier molecular flexibility index (Phi) is 7.90. The van der Waals surface area contributed by atoms with Gasteiger partial charge in [0.2, 0.25) is 5.91 Å². The number of likely N-dealkylation sites (tertiary alicyclic amines) is 1. The Balaban J connectivity index is 1.63. The first-order valence-electron chi connectivity index (χ1n) is 8.92. The Labute approximate surface area is 157 Å². The smallest absolute Gasteiger partial charge is 0.356 e. The van der Waals surface area contributed by atoms with Gasteiger partial charge in [-0.3, -0.25) is 14.7 Å². The summed E-state index contributed by atoms with van der Waals surface area (Å²) in [5.74, 6) is 0.406. The van der Waals surface area contributed by atoms with Crippen molar-refractivity contribution >= 4 is 11.9 Å². The molecule has 1 unspecified atom stereocenters. The van der Waals surface area contributed by atoms with Gasteiger partial charge in [-0.25, -0.2) is 0 Å². The van der Waals surface area contributed by atoms with Gasteiger partial charge < -0.3 is 16.0 Å². The molecule has 1 aliphatic rings. The third kappa shape index (κ3) is 8.29. The number of nitrogens with zero attached hydrogens (tertiary/aromatic N) is 2. The maximum absolute atomic E-state index is 12.4. The lowest BCUT2D eigenvalue weighted by molar-refractivity contribution is -0.143. The molecule has 1 amide bonds. The predicted octanol–water partition coefficient (Wildman–Crippen LogP) is 1.49. The highest BCUT2D eigenvalue weighted by Gasteiger charge is 2.34. The highest BCUT2D eigenvalue weighted by Crippen LogP contribution is 2.19. The van der Waals surface area contributed by atoms with Crippen molar-refractivity contribution in [1.82, 2.24) is 20.9 Å². The van der Waals surface area contributed by atoms with Gasteiger partial charge in [-0.15, -0.1) is 0 Å². The van der Waals surface area contributed by atoms with Crippen LogP contribution >= 0.6 is 0 Å². The van der Waals surface area contributed by atoms with Crippen LogP contribution in [0.4, 0.5) is 13.2 Å². The number of nitrogens with one attached hydrogen (secondary N) is 3. The summed E-state index contributed by atoms with van der Waals surface area (Å²) in [4.78, 5) is 17.3. The lowest BCUT2D eigenvalue weighted by atomic mass is 10.2. The van der Waals surface area contributed by atoms with Crippen molar-refractivity contribution in [1.29, 1.82) is 0 Å². The Bertz CT molecular complexity index is 621. The van der Waals surface area contributed by atoms with Crippen molar-refractivity contribution in [3.63, 3.8) is 0 Å². The first-order chi connectivity index (χ1) is 12.9. The number of halogens is 3. The van der Waals surface area contributed by atoms with E-state index in [4.69, 9.17) is 0 Å². The zero-order chi connectivity index (χ0) is 19.7. The van der Waals surface area contributed by atoms with Crippen molar-refractivity contribution in [2.45, 2.75) is 31.6 Å². The molecule has 27 heavy (non-hydrogen) atoms. The minimum atomic E-state index is -4.18. The summed E-state index contributed by atoms with van der Waals surface area (Å²) >= 11 is 0. The zero-order valence-corrected chi connectivity index (χ0v) is 15.4. The molecule has 1 heterocycles. The SMILES string of the molecule is CN=C(NCCC(=O)NCc1ccccc1)NC1CCN(CC(F)(F)F)C1. The molecule has 150 valence electrons. The molecule has 3 N–H and O–H groups in total. The molecule has 0 aromatic heterocycles. The van der Waals surface area contributed by atoms with Crippen LogP contribution in [0, 0.1) is 0 Å². The number of rotatable bonds is 7. The number of guanidine groups is 1. The van der Waals surface area contributed by atoms with Crippen LogP contribution in [-0.4, -0.2) is 62.2 Å². The molecule has 6 nitrogen and oxygen atoms in total. The van der Waals surface area contributed by atoms with Crippen LogP contribution in [0.3, 0.4) is 0 Å². The van der Waals surface area contributed by atoms with Crippen LogP contribution in [0.25, 0.3) is 0 Å². The fourth-order valence-corrected chi connectivity index (χ4v) is 2.91. The minimum absolute atomic E-state index is 0.0842. The van der Waals surface area contributed by atoms with E-state index in [-0.39, 0.29) is 18.4 Å². The summed E-state index contributed by atoms with van der Waals surface area (Å²) in [5, 5.41) is 8.98.